The lowest BCUT2D eigenvalue weighted by atomic mass is 9.97. The molecule has 0 heterocycles. The molecule has 0 amide bonds. The fourth-order valence-electron chi connectivity index (χ4n) is 6.03. The van der Waals surface area contributed by atoms with Crippen LogP contribution in [0.3, 0.4) is 0 Å². The van der Waals surface area contributed by atoms with Crippen LogP contribution < -0.4 is 5.19 Å². The molecule has 1 atom stereocenters. The van der Waals surface area contributed by atoms with Crippen LogP contribution in [-0.2, 0) is 0 Å². The van der Waals surface area contributed by atoms with Crippen LogP contribution in [0.2, 0.25) is 38.3 Å². The first kappa shape index (κ1) is 22.3. The Hall–Kier alpha value is -1.91. The van der Waals surface area contributed by atoms with E-state index in [0.717, 1.165) is 0 Å². The number of hydrogen-bond acceptors (Lipinski definition) is 0. The highest BCUT2D eigenvalue weighted by Crippen LogP contribution is 2.53. The average Bonchev–Trinajstić information content (AvgIpc) is 3.24. The van der Waals surface area contributed by atoms with Crippen LogP contribution in [0.1, 0.15) is 44.4 Å². The first-order chi connectivity index (χ1) is 14.4. The summed E-state index contributed by atoms with van der Waals surface area (Å²) in [5.41, 5.74) is 13.2. The van der Waals surface area contributed by atoms with E-state index in [9.17, 15) is 0 Å². The smallest absolute Gasteiger partial charge is 0.0775 e. The summed E-state index contributed by atoms with van der Waals surface area (Å²) in [6, 6.07) is 16.4. The zero-order chi connectivity index (χ0) is 22.7. The Balaban J connectivity index is 1.74. The van der Waals surface area contributed by atoms with Crippen molar-refractivity contribution in [2.75, 3.05) is 0 Å². The maximum absolute atomic E-state index is 2.61. The number of fused-ring (bicyclic) bond motifs is 1. The molecule has 2 aliphatic carbocycles. The maximum Gasteiger partial charge on any atom is 0.0775 e. The molecule has 0 aliphatic heterocycles. The molecular formula is C29H38Si2. The summed E-state index contributed by atoms with van der Waals surface area (Å²) in [6.07, 6.45) is 4.95. The van der Waals surface area contributed by atoms with Gasteiger partial charge in [0.15, 0.2) is 0 Å². The van der Waals surface area contributed by atoms with Crippen molar-refractivity contribution in [3.63, 3.8) is 0 Å². The summed E-state index contributed by atoms with van der Waals surface area (Å²) in [6.45, 7) is 21.9. The first-order valence-electron chi connectivity index (χ1n) is 11.7. The van der Waals surface area contributed by atoms with Crippen LogP contribution >= 0.6 is 0 Å². The summed E-state index contributed by atoms with van der Waals surface area (Å²) < 4.78 is 0. The van der Waals surface area contributed by atoms with Crippen molar-refractivity contribution in [3.05, 3.63) is 82.0 Å². The second-order valence-electron chi connectivity index (χ2n) is 11.3. The molecule has 0 saturated heterocycles. The van der Waals surface area contributed by atoms with Gasteiger partial charge in [-0.3, -0.25) is 0 Å². The maximum atomic E-state index is 2.61. The van der Waals surface area contributed by atoms with E-state index in [2.05, 4.69) is 115 Å². The number of hydrogen-bond donors (Lipinski definition) is 0. The van der Waals surface area contributed by atoms with Crippen molar-refractivity contribution in [2.24, 2.45) is 0 Å². The summed E-state index contributed by atoms with van der Waals surface area (Å²) in [5, 5.41) is 1.53. The third kappa shape index (κ3) is 3.58. The molecule has 0 radical (unpaired) electrons. The molecule has 2 heteroatoms. The Morgan fingerprint density at radius 3 is 1.84 bits per heavy atom. The molecule has 162 valence electrons. The molecule has 2 aliphatic rings. The van der Waals surface area contributed by atoms with Crippen molar-refractivity contribution in [1.82, 2.24) is 0 Å². The van der Waals surface area contributed by atoms with Crippen LogP contribution in [0.15, 0.2) is 70.8 Å². The minimum Gasteiger partial charge on any atom is -0.0791 e. The Morgan fingerprint density at radius 1 is 0.710 bits per heavy atom. The number of rotatable bonds is 4. The Bertz CT molecular complexity index is 1090. The number of benzene rings is 2. The lowest BCUT2D eigenvalue weighted by molar-refractivity contribution is 1.00. The molecule has 1 unspecified atom stereocenters. The van der Waals surface area contributed by atoms with Gasteiger partial charge in [-0.05, 0) is 72.2 Å². The van der Waals surface area contributed by atoms with Crippen LogP contribution in [0.5, 0.6) is 0 Å². The fraction of sp³-hybridized carbons (Fsp3) is 0.379. The van der Waals surface area contributed by atoms with Crippen LogP contribution in [0, 0.1) is 0 Å². The summed E-state index contributed by atoms with van der Waals surface area (Å²) in [4.78, 5) is 0. The minimum atomic E-state index is -1.65. The lowest BCUT2D eigenvalue weighted by Crippen LogP contribution is -2.39. The van der Waals surface area contributed by atoms with Crippen molar-refractivity contribution >= 4 is 27.4 Å². The van der Waals surface area contributed by atoms with Crippen LogP contribution in [0.25, 0.3) is 17.2 Å². The standard InChI is InChI=1S/C29H38Si2/c1-19-20(2)22(4)29(21(19)3)31(8,9)28-18-17-26-25(11-10-12-27(26)28)23-13-15-24(16-14-23)30(5,6)7/h10-18,28-29H,1-9H3. The van der Waals surface area contributed by atoms with E-state index in [4.69, 9.17) is 0 Å². The SMILES string of the molecule is CC1=C(C)C([Si](C)(C)C2C=Cc3c(-c4ccc([Si](C)(C)C)cc4)cccc32)C(C)=C1C. The quantitative estimate of drug-likeness (QED) is 0.418. The lowest BCUT2D eigenvalue weighted by Gasteiger charge is -2.38. The Kier molecular flexibility index (Phi) is 5.47. The molecular weight excluding hydrogens is 404 g/mol. The van der Waals surface area contributed by atoms with Gasteiger partial charge in [-0.1, -0.05) is 104 Å². The van der Waals surface area contributed by atoms with Gasteiger partial charge < -0.3 is 0 Å². The Morgan fingerprint density at radius 2 is 1.29 bits per heavy atom. The molecule has 2 aromatic rings. The third-order valence-electron chi connectivity index (χ3n) is 8.15. The van der Waals surface area contributed by atoms with E-state index in [0.29, 0.717) is 11.1 Å². The molecule has 2 aromatic carbocycles. The van der Waals surface area contributed by atoms with Gasteiger partial charge in [-0.25, -0.2) is 0 Å². The van der Waals surface area contributed by atoms with Crippen LogP contribution in [-0.4, -0.2) is 16.1 Å². The molecule has 0 saturated carbocycles. The first-order valence-corrected chi connectivity index (χ1v) is 18.4. The average molecular weight is 443 g/mol. The van der Waals surface area contributed by atoms with E-state index < -0.39 is 16.1 Å². The van der Waals surface area contributed by atoms with Crippen molar-refractivity contribution in [2.45, 2.75) is 71.5 Å². The fourth-order valence-corrected chi connectivity index (χ4v) is 11.9. The third-order valence-corrected chi connectivity index (χ3v) is 14.7. The zero-order valence-electron chi connectivity index (χ0n) is 20.9. The molecule has 0 bridgehead atoms. The van der Waals surface area contributed by atoms with Gasteiger partial charge in [0.2, 0.25) is 0 Å². The topological polar surface area (TPSA) is 0 Å². The van der Waals surface area contributed by atoms with Crippen molar-refractivity contribution in [1.29, 1.82) is 0 Å². The van der Waals surface area contributed by atoms with E-state index in [1.165, 1.54) is 33.0 Å². The zero-order valence-corrected chi connectivity index (χ0v) is 22.9. The van der Waals surface area contributed by atoms with Gasteiger partial charge in [0.1, 0.15) is 0 Å². The number of allylic oxidation sites excluding steroid dienone is 5. The molecule has 0 nitrogen and oxygen atoms in total. The van der Waals surface area contributed by atoms with Crippen molar-refractivity contribution < 1.29 is 0 Å². The highest BCUT2D eigenvalue weighted by atomic mass is 28.3. The molecule has 0 aromatic heterocycles. The minimum absolute atomic E-state index is 0.567. The van der Waals surface area contributed by atoms with Gasteiger partial charge in [-0.15, -0.1) is 0 Å². The summed E-state index contributed by atoms with van der Waals surface area (Å²) in [7, 11) is -2.92. The van der Waals surface area contributed by atoms with E-state index >= 15 is 0 Å². The second kappa shape index (κ2) is 7.60. The summed E-state index contributed by atoms with van der Waals surface area (Å²) >= 11 is 0. The molecule has 4 rings (SSSR count). The van der Waals surface area contributed by atoms with Gasteiger partial charge in [-0.2, -0.15) is 0 Å². The highest BCUT2D eigenvalue weighted by molar-refractivity contribution is 6.88. The molecule has 0 spiro atoms. The Labute approximate surface area is 191 Å². The van der Waals surface area contributed by atoms with Crippen LogP contribution in [0.4, 0.5) is 0 Å². The normalized spacial score (nSPS) is 19.6. The monoisotopic (exact) mass is 442 g/mol. The van der Waals surface area contributed by atoms with Gasteiger partial charge in [0.05, 0.1) is 16.1 Å². The van der Waals surface area contributed by atoms with E-state index in [-0.39, 0.29) is 0 Å². The predicted octanol–water partition coefficient (Wildman–Crippen LogP) is 8.31. The van der Waals surface area contributed by atoms with Crippen molar-refractivity contribution in [3.8, 4) is 11.1 Å². The van der Waals surface area contributed by atoms with Gasteiger partial charge >= 0.3 is 0 Å². The largest absolute Gasteiger partial charge is 0.0791 e. The second-order valence-corrected chi connectivity index (χ2v) is 21.3. The molecule has 31 heavy (non-hydrogen) atoms. The highest BCUT2D eigenvalue weighted by Gasteiger charge is 2.45. The summed E-state index contributed by atoms with van der Waals surface area (Å²) in [5.74, 6) is 0. The van der Waals surface area contributed by atoms with E-state index in [1.54, 1.807) is 16.7 Å². The van der Waals surface area contributed by atoms with Gasteiger partial charge in [0.25, 0.3) is 0 Å². The van der Waals surface area contributed by atoms with E-state index in [1.807, 2.05) is 0 Å². The van der Waals surface area contributed by atoms with Gasteiger partial charge in [0, 0.05) is 0 Å². The predicted molar refractivity (Wildman–Crippen MR) is 145 cm³/mol. The molecule has 0 fully saturated rings. The molecule has 0 N–H and O–H groups in total.